The maximum Gasteiger partial charge on any atom is 0.263 e. The number of amides is 2. The predicted octanol–water partition coefficient (Wildman–Crippen LogP) is 4.03. The van der Waals surface area contributed by atoms with Gasteiger partial charge in [0.1, 0.15) is 5.69 Å². The zero-order valence-corrected chi connectivity index (χ0v) is 17.2. The van der Waals surface area contributed by atoms with Crippen molar-refractivity contribution in [3.8, 4) is 11.8 Å². The van der Waals surface area contributed by atoms with Gasteiger partial charge >= 0.3 is 0 Å². The number of aromatic nitrogens is 1. The fourth-order valence-corrected chi connectivity index (χ4v) is 4.11. The molecule has 1 N–H and O–H groups in total. The van der Waals surface area contributed by atoms with E-state index >= 15 is 0 Å². The molecule has 1 aliphatic rings. The van der Waals surface area contributed by atoms with Gasteiger partial charge in [-0.2, -0.15) is 0 Å². The minimum absolute atomic E-state index is 0.00860. The largest absolute Gasteiger partial charge is 0.337 e. The lowest BCUT2D eigenvalue weighted by atomic mass is 9.96. The number of carbonyl (C=O) groups excluding carboxylic acids is 2. The van der Waals surface area contributed by atoms with Gasteiger partial charge in [0.15, 0.2) is 0 Å². The first kappa shape index (κ1) is 19.9. The van der Waals surface area contributed by atoms with Crippen LogP contribution in [-0.4, -0.2) is 34.8 Å². The molecule has 1 aromatic carbocycles. The Morgan fingerprint density at radius 1 is 1.10 bits per heavy atom. The number of likely N-dealkylation sites (tertiary alicyclic amines) is 1. The number of pyridine rings is 1. The quantitative estimate of drug-likeness (QED) is 0.657. The second-order valence-electron chi connectivity index (χ2n) is 7.10. The number of thiophene rings is 1. The number of nitrogens with one attached hydrogen (secondary N) is 1. The highest BCUT2D eigenvalue weighted by molar-refractivity contribution is 7.12. The lowest BCUT2D eigenvalue weighted by Crippen LogP contribution is -2.43. The van der Waals surface area contributed by atoms with Crippen molar-refractivity contribution >= 4 is 28.8 Å². The maximum absolute atomic E-state index is 12.8. The summed E-state index contributed by atoms with van der Waals surface area (Å²) < 4.78 is 0. The summed E-state index contributed by atoms with van der Waals surface area (Å²) in [6.07, 6.45) is 3.31. The molecule has 0 aliphatic carbocycles. The van der Waals surface area contributed by atoms with Crippen molar-refractivity contribution in [2.75, 3.05) is 18.4 Å². The zero-order valence-electron chi connectivity index (χ0n) is 16.4. The first-order chi connectivity index (χ1) is 14.7. The SMILES string of the molecule is O=C(Nc1cccc(C#Cc2ccccn2)c1)C1CCCN(C(=O)c2cccs2)C1. The Labute approximate surface area is 179 Å². The predicted molar refractivity (Wildman–Crippen MR) is 118 cm³/mol. The standard InChI is InChI=1S/C24H21N3O2S/c28-23(19-7-4-14-27(17-19)24(29)22-10-5-15-30-22)26-21-9-3-6-18(16-21)11-12-20-8-1-2-13-25-20/h1-3,5-6,8-10,13,15-16,19H,4,7,14,17H2,(H,26,28). The highest BCUT2D eigenvalue weighted by Crippen LogP contribution is 2.22. The molecule has 1 atom stereocenters. The van der Waals surface area contributed by atoms with Gasteiger partial charge in [0.25, 0.3) is 5.91 Å². The van der Waals surface area contributed by atoms with Gasteiger partial charge in [0.2, 0.25) is 5.91 Å². The van der Waals surface area contributed by atoms with Crippen molar-refractivity contribution in [3.05, 3.63) is 82.3 Å². The molecule has 1 aliphatic heterocycles. The molecule has 150 valence electrons. The molecule has 2 aromatic heterocycles. The van der Waals surface area contributed by atoms with Gasteiger partial charge in [-0.15, -0.1) is 11.3 Å². The van der Waals surface area contributed by atoms with E-state index in [1.54, 1.807) is 11.1 Å². The molecule has 4 rings (SSSR count). The second-order valence-corrected chi connectivity index (χ2v) is 8.05. The summed E-state index contributed by atoms with van der Waals surface area (Å²) in [7, 11) is 0. The number of anilines is 1. The van der Waals surface area contributed by atoms with Gasteiger partial charge < -0.3 is 10.2 Å². The Balaban J connectivity index is 1.40. The Morgan fingerprint density at radius 3 is 2.83 bits per heavy atom. The van der Waals surface area contributed by atoms with E-state index in [1.807, 2.05) is 60.0 Å². The summed E-state index contributed by atoms with van der Waals surface area (Å²) in [5.74, 6) is 5.83. The van der Waals surface area contributed by atoms with Crippen molar-refractivity contribution in [3.63, 3.8) is 0 Å². The lowest BCUT2D eigenvalue weighted by Gasteiger charge is -2.31. The average molecular weight is 416 g/mol. The molecule has 5 nitrogen and oxygen atoms in total. The summed E-state index contributed by atoms with van der Waals surface area (Å²) in [5.41, 5.74) is 2.20. The summed E-state index contributed by atoms with van der Waals surface area (Å²) in [6.45, 7) is 1.14. The highest BCUT2D eigenvalue weighted by atomic mass is 32.1. The van der Waals surface area contributed by atoms with Crippen LogP contribution in [0.3, 0.4) is 0 Å². The smallest absolute Gasteiger partial charge is 0.263 e. The number of rotatable bonds is 3. The molecule has 3 aromatic rings. The van der Waals surface area contributed by atoms with E-state index in [2.05, 4.69) is 22.1 Å². The molecule has 1 unspecified atom stereocenters. The van der Waals surface area contributed by atoms with Gasteiger partial charge in [-0.1, -0.05) is 24.1 Å². The first-order valence-electron chi connectivity index (χ1n) is 9.86. The third kappa shape index (κ3) is 4.94. The molecule has 6 heteroatoms. The third-order valence-electron chi connectivity index (χ3n) is 4.94. The van der Waals surface area contributed by atoms with Crippen LogP contribution in [0, 0.1) is 17.8 Å². The van der Waals surface area contributed by atoms with E-state index in [0.29, 0.717) is 24.5 Å². The summed E-state index contributed by atoms with van der Waals surface area (Å²) in [4.78, 5) is 32.1. The van der Waals surface area contributed by atoms with E-state index in [4.69, 9.17) is 0 Å². The third-order valence-corrected chi connectivity index (χ3v) is 5.80. The number of hydrogen-bond acceptors (Lipinski definition) is 4. The Hall–Kier alpha value is -3.43. The minimum Gasteiger partial charge on any atom is -0.337 e. The summed E-state index contributed by atoms with van der Waals surface area (Å²) >= 11 is 1.43. The van der Waals surface area contributed by atoms with Crippen molar-refractivity contribution in [1.29, 1.82) is 0 Å². The normalized spacial score (nSPS) is 15.7. The monoisotopic (exact) mass is 415 g/mol. The zero-order chi connectivity index (χ0) is 20.8. The van der Waals surface area contributed by atoms with E-state index in [9.17, 15) is 9.59 Å². The molecule has 1 fully saturated rings. The topological polar surface area (TPSA) is 62.3 Å². The number of carbonyl (C=O) groups is 2. The molecule has 0 bridgehead atoms. The van der Waals surface area contributed by atoms with Crippen LogP contribution in [0.25, 0.3) is 0 Å². The molecule has 1 saturated heterocycles. The van der Waals surface area contributed by atoms with Gasteiger partial charge in [-0.3, -0.25) is 9.59 Å². The fraction of sp³-hybridized carbons (Fsp3) is 0.208. The van der Waals surface area contributed by atoms with E-state index < -0.39 is 0 Å². The molecular weight excluding hydrogens is 394 g/mol. The van der Waals surface area contributed by atoms with Crippen LogP contribution in [-0.2, 0) is 4.79 Å². The molecule has 0 spiro atoms. The highest BCUT2D eigenvalue weighted by Gasteiger charge is 2.29. The van der Waals surface area contributed by atoms with Crippen LogP contribution >= 0.6 is 11.3 Å². The molecule has 2 amide bonds. The van der Waals surface area contributed by atoms with Crippen molar-refractivity contribution in [2.45, 2.75) is 12.8 Å². The molecule has 0 saturated carbocycles. The minimum atomic E-state index is -0.217. The second kappa shape index (κ2) is 9.38. The van der Waals surface area contributed by atoms with Crippen molar-refractivity contribution in [1.82, 2.24) is 9.88 Å². The first-order valence-corrected chi connectivity index (χ1v) is 10.7. The Morgan fingerprint density at radius 2 is 2.03 bits per heavy atom. The van der Waals surface area contributed by atoms with Crippen LogP contribution < -0.4 is 5.32 Å². The van der Waals surface area contributed by atoms with Gasteiger partial charge in [-0.05, 0) is 60.5 Å². The van der Waals surface area contributed by atoms with Crippen LogP contribution in [0.15, 0.2) is 66.2 Å². The average Bonchev–Trinajstić information content (AvgIpc) is 3.33. The van der Waals surface area contributed by atoms with Gasteiger partial charge in [-0.25, -0.2) is 4.98 Å². The lowest BCUT2D eigenvalue weighted by molar-refractivity contribution is -0.121. The van der Waals surface area contributed by atoms with E-state index in [1.165, 1.54) is 11.3 Å². The number of benzene rings is 1. The Bertz CT molecular complexity index is 1080. The molecule has 3 heterocycles. The molecule has 0 radical (unpaired) electrons. The van der Waals surface area contributed by atoms with Crippen molar-refractivity contribution in [2.24, 2.45) is 5.92 Å². The summed E-state index contributed by atoms with van der Waals surface area (Å²) in [5, 5.41) is 4.88. The maximum atomic E-state index is 12.8. The van der Waals surface area contributed by atoms with Crippen molar-refractivity contribution < 1.29 is 9.59 Å². The molecular formula is C24H21N3O2S. The number of hydrogen-bond donors (Lipinski definition) is 1. The summed E-state index contributed by atoms with van der Waals surface area (Å²) in [6, 6.07) is 16.8. The van der Waals surface area contributed by atoms with Crippen LogP contribution in [0.1, 0.15) is 33.8 Å². The van der Waals surface area contributed by atoms with E-state index in [0.717, 1.165) is 23.3 Å². The molecule has 30 heavy (non-hydrogen) atoms. The van der Waals surface area contributed by atoms with Crippen LogP contribution in [0.4, 0.5) is 5.69 Å². The van der Waals surface area contributed by atoms with Crippen LogP contribution in [0.5, 0.6) is 0 Å². The Kier molecular flexibility index (Phi) is 6.21. The number of nitrogens with zero attached hydrogens (tertiary/aromatic N) is 2. The number of piperidine rings is 1. The van der Waals surface area contributed by atoms with Crippen LogP contribution in [0.2, 0.25) is 0 Å². The van der Waals surface area contributed by atoms with E-state index in [-0.39, 0.29) is 17.7 Å². The fourth-order valence-electron chi connectivity index (χ4n) is 3.42. The van der Waals surface area contributed by atoms with Gasteiger partial charge in [0, 0.05) is 30.5 Å². The van der Waals surface area contributed by atoms with Gasteiger partial charge in [0.05, 0.1) is 10.8 Å².